The van der Waals surface area contributed by atoms with Gasteiger partial charge in [0.25, 0.3) is 0 Å². The summed E-state index contributed by atoms with van der Waals surface area (Å²) in [6.45, 7) is 13.9. The van der Waals surface area contributed by atoms with E-state index in [1.165, 1.54) is 32.4 Å². The maximum Gasteiger partial charge on any atom is 0.220 e. The van der Waals surface area contributed by atoms with E-state index >= 15 is 0 Å². The van der Waals surface area contributed by atoms with Gasteiger partial charge in [0.05, 0.1) is 0 Å². The number of nitrogens with zero attached hydrogens (tertiary/aromatic N) is 1. The van der Waals surface area contributed by atoms with Crippen LogP contribution in [0.3, 0.4) is 0 Å². The van der Waals surface area contributed by atoms with Crippen LogP contribution in [-0.4, -0.2) is 36.0 Å². The van der Waals surface area contributed by atoms with Gasteiger partial charge in [-0.3, -0.25) is 9.69 Å². The van der Waals surface area contributed by atoms with Crippen LogP contribution in [0.4, 0.5) is 0 Å². The minimum atomic E-state index is 0.0688. The molecule has 18 heavy (non-hydrogen) atoms. The van der Waals surface area contributed by atoms with Gasteiger partial charge >= 0.3 is 0 Å². The Balaban J connectivity index is 2.38. The normalized spacial score (nSPS) is 18.7. The lowest BCUT2D eigenvalue weighted by molar-refractivity contribution is -0.123. The van der Waals surface area contributed by atoms with Gasteiger partial charge in [-0.25, -0.2) is 0 Å². The third kappa shape index (κ3) is 5.38. The molecule has 0 aliphatic carbocycles. The molecule has 3 heteroatoms. The summed E-state index contributed by atoms with van der Waals surface area (Å²) in [5.41, 5.74) is 0.146. The fraction of sp³-hybridized carbons (Fsp3) is 0.933. The van der Waals surface area contributed by atoms with Crippen molar-refractivity contribution in [2.45, 2.75) is 65.8 Å². The van der Waals surface area contributed by atoms with Crippen LogP contribution in [0.1, 0.15) is 60.3 Å². The summed E-state index contributed by atoms with van der Waals surface area (Å²) in [7, 11) is 0. The third-order valence-corrected chi connectivity index (χ3v) is 3.62. The molecular weight excluding hydrogens is 224 g/mol. The number of piperidine rings is 1. The summed E-state index contributed by atoms with van der Waals surface area (Å²) in [5, 5.41) is 3.10. The highest BCUT2D eigenvalue weighted by Gasteiger charge is 2.28. The summed E-state index contributed by atoms with van der Waals surface area (Å²) < 4.78 is 0. The molecule has 0 radical (unpaired) electrons. The van der Waals surface area contributed by atoms with Gasteiger partial charge in [-0.05, 0) is 45.2 Å². The molecule has 1 amide bonds. The summed E-state index contributed by atoms with van der Waals surface area (Å²) in [5.74, 6) is 0.174. The van der Waals surface area contributed by atoms with Gasteiger partial charge in [0.15, 0.2) is 0 Å². The molecule has 1 fully saturated rings. The van der Waals surface area contributed by atoms with Gasteiger partial charge in [0, 0.05) is 18.5 Å². The quantitative estimate of drug-likeness (QED) is 0.836. The molecule has 1 aliphatic heterocycles. The number of nitrogens with one attached hydrogen (secondary N) is 1. The van der Waals surface area contributed by atoms with Crippen LogP contribution in [0.2, 0.25) is 0 Å². The van der Waals surface area contributed by atoms with Gasteiger partial charge in [0.1, 0.15) is 0 Å². The second-order valence-corrected chi connectivity index (χ2v) is 7.37. The topological polar surface area (TPSA) is 32.3 Å². The zero-order chi connectivity index (χ0) is 13.8. The molecule has 1 saturated heterocycles. The number of hydrogen-bond acceptors (Lipinski definition) is 2. The average Bonchev–Trinajstić information content (AvgIpc) is 2.26. The van der Waals surface area contributed by atoms with Crippen molar-refractivity contribution in [3.8, 4) is 0 Å². The second-order valence-electron chi connectivity index (χ2n) is 7.37. The van der Waals surface area contributed by atoms with Gasteiger partial charge in [-0.2, -0.15) is 0 Å². The smallest absolute Gasteiger partial charge is 0.220 e. The Kier molecular flexibility index (Phi) is 5.20. The first-order valence-corrected chi connectivity index (χ1v) is 7.22. The highest BCUT2D eigenvalue weighted by Crippen LogP contribution is 2.21. The van der Waals surface area contributed by atoms with Crippen LogP contribution in [0.25, 0.3) is 0 Å². The van der Waals surface area contributed by atoms with E-state index in [4.69, 9.17) is 0 Å². The highest BCUT2D eigenvalue weighted by atomic mass is 16.1. The van der Waals surface area contributed by atoms with E-state index in [-0.39, 0.29) is 16.9 Å². The maximum atomic E-state index is 11.9. The molecule has 0 spiro atoms. The van der Waals surface area contributed by atoms with Gasteiger partial charge < -0.3 is 5.32 Å². The number of carbonyl (C=O) groups excluding carboxylic acids is 1. The van der Waals surface area contributed by atoms with Gasteiger partial charge in [-0.1, -0.05) is 27.2 Å². The third-order valence-electron chi connectivity index (χ3n) is 3.62. The largest absolute Gasteiger partial charge is 0.354 e. The van der Waals surface area contributed by atoms with Crippen molar-refractivity contribution in [1.82, 2.24) is 10.2 Å². The van der Waals surface area contributed by atoms with E-state index in [0.717, 1.165) is 6.54 Å². The minimum absolute atomic E-state index is 0.0688. The highest BCUT2D eigenvalue weighted by molar-refractivity contribution is 5.76. The molecule has 0 aromatic carbocycles. The first-order chi connectivity index (χ1) is 8.21. The SMILES string of the molecule is CC(C)(C)CC(=O)NCC(C)(C)N1CCCCC1. The number of hydrogen-bond donors (Lipinski definition) is 1. The Morgan fingerprint density at radius 1 is 1.06 bits per heavy atom. The summed E-state index contributed by atoms with van der Waals surface area (Å²) in [6.07, 6.45) is 4.53. The Hall–Kier alpha value is -0.570. The molecule has 1 rings (SSSR count). The van der Waals surface area contributed by atoms with Gasteiger partial charge in [-0.15, -0.1) is 0 Å². The monoisotopic (exact) mass is 254 g/mol. The lowest BCUT2D eigenvalue weighted by Gasteiger charge is -2.41. The lowest BCUT2D eigenvalue weighted by Crippen LogP contribution is -2.53. The average molecular weight is 254 g/mol. The Labute approximate surface area is 112 Å². The van der Waals surface area contributed by atoms with E-state index in [0.29, 0.717) is 6.42 Å². The predicted octanol–water partition coefficient (Wildman–Crippen LogP) is 2.80. The standard InChI is InChI=1S/C15H30N2O/c1-14(2,3)11-13(18)16-12-15(4,5)17-9-7-6-8-10-17/h6-12H2,1-5H3,(H,16,18). The first-order valence-electron chi connectivity index (χ1n) is 7.22. The molecular formula is C15H30N2O. The molecule has 1 N–H and O–H groups in total. The second kappa shape index (κ2) is 6.05. The Morgan fingerprint density at radius 2 is 1.61 bits per heavy atom. The fourth-order valence-electron chi connectivity index (χ4n) is 2.47. The zero-order valence-electron chi connectivity index (χ0n) is 12.8. The number of amides is 1. The predicted molar refractivity (Wildman–Crippen MR) is 76.6 cm³/mol. The van der Waals surface area contributed by atoms with Crippen molar-refractivity contribution >= 4 is 5.91 Å². The number of rotatable bonds is 4. The summed E-state index contributed by atoms with van der Waals surface area (Å²) in [6, 6.07) is 0. The van der Waals surface area contributed by atoms with E-state index in [2.05, 4.69) is 44.8 Å². The van der Waals surface area contributed by atoms with E-state index < -0.39 is 0 Å². The lowest BCUT2D eigenvalue weighted by atomic mass is 9.91. The summed E-state index contributed by atoms with van der Waals surface area (Å²) >= 11 is 0. The molecule has 0 saturated carbocycles. The summed E-state index contributed by atoms with van der Waals surface area (Å²) in [4.78, 5) is 14.4. The van der Waals surface area contributed by atoms with Crippen molar-refractivity contribution < 1.29 is 4.79 Å². The van der Waals surface area contributed by atoms with Crippen LogP contribution in [0.15, 0.2) is 0 Å². The van der Waals surface area contributed by atoms with E-state index in [1.807, 2.05) is 0 Å². The van der Waals surface area contributed by atoms with Crippen molar-refractivity contribution in [3.63, 3.8) is 0 Å². The van der Waals surface area contributed by atoms with Crippen molar-refractivity contribution in [2.75, 3.05) is 19.6 Å². The Morgan fingerprint density at radius 3 is 2.11 bits per heavy atom. The van der Waals surface area contributed by atoms with Crippen LogP contribution in [0, 0.1) is 5.41 Å². The molecule has 0 aromatic rings. The zero-order valence-corrected chi connectivity index (χ0v) is 12.8. The molecule has 0 unspecified atom stereocenters. The first kappa shape index (κ1) is 15.5. The van der Waals surface area contributed by atoms with Crippen LogP contribution in [0.5, 0.6) is 0 Å². The van der Waals surface area contributed by atoms with Crippen molar-refractivity contribution in [2.24, 2.45) is 5.41 Å². The fourth-order valence-corrected chi connectivity index (χ4v) is 2.47. The molecule has 106 valence electrons. The van der Waals surface area contributed by atoms with Crippen LogP contribution in [-0.2, 0) is 4.79 Å². The Bertz CT molecular complexity index is 273. The molecule has 1 aliphatic rings. The maximum absolute atomic E-state index is 11.9. The molecule has 3 nitrogen and oxygen atoms in total. The van der Waals surface area contributed by atoms with Crippen LogP contribution >= 0.6 is 0 Å². The van der Waals surface area contributed by atoms with Gasteiger partial charge in [0.2, 0.25) is 5.91 Å². The molecule has 0 bridgehead atoms. The number of likely N-dealkylation sites (tertiary alicyclic amines) is 1. The van der Waals surface area contributed by atoms with Crippen molar-refractivity contribution in [1.29, 1.82) is 0 Å². The molecule has 0 aromatic heterocycles. The molecule has 1 heterocycles. The molecule has 0 atom stereocenters. The minimum Gasteiger partial charge on any atom is -0.354 e. The van der Waals surface area contributed by atoms with Crippen LogP contribution < -0.4 is 5.32 Å². The number of carbonyl (C=O) groups is 1. The van der Waals surface area contributed by atoms with E-state index in [9.17, 15) is 4.79 Å². The van der Waals surface area contributed by atoms with Crippen molar-refractivity contribution in [3.05, 3.63) is 0 Å². The van der Waals surface area contributed by atoms with E-state index in [1.54, 1.807) is 0 Å².